The number of hydrogen-bond donors (Lipinski definition) is 2. The fourth-order valence-electron chi connectivity index (χ4n) is 0.701. The molecule has 0 radical (unpaired) electrons. The zero-order valence-electron chi connectivity index (χ0n) is 8.79. The lowest BCUT2D eigenvalue weighted by Gasteiger charge is -1.93. The molecule has 0 amide bonds. The Labute approximate surface area is 97.9 Å². The largest absolute Gasteiger partial charge is 0.490 e. The van der Waals surface area contributed by atoms with Crippen LogP contribution in [0, 0.1) is 10.1 Å². The molecule has 0 saturated carbocycles. The fraction of sp³-hybridized carbons (Fsp3) is 0.429. The van der Waals surface area contributed by atoms with Crippen molar-refractivity contribution in [3.8, 4) is 0 Å². The normalized spacial score (nSPS) is 10.4. The van der Waals surface area contributed by atoms with Gasteiger partial charge in [-0.1, -0.05) is 0 Å². The van der Waals surface area contributed by atoms with Crippen molar-refractivity contribution in [3.63, 3.8) is 0 Å². The van der Waals surface area contributed by atoms with E-state index in [0.717, 1.165) is 0 Å². The van der Waals surface area contributed by atoms with Crippen molar-refractivity contribution in [2.75, 3.05) is 6.54 Å². The Morgan fingerprint density at radius 2 is 2.11 bits per heavy atom. The van der Waals surface area contributed by atoms with Gasteiger partial charge in [-0.25, -0.2) is 4.79 Å². The summed E-state index contributed by atoms with van der Waals surface area (Å²) in [7, 11) is 0. The van der Waals surface area contributed by atoms with Crippen molar-refractivity contribution < 1.29 is 28.0 Å². The van der Waals surface area contributed by atoms with Crippen LogP contribution >= 0.6 is 0 Å². The van der Waals surface area contributed by atoms with E-state index in [1.165, 1.54) is 17.1 Å². The Morgan fingerprint density at radius 3 is 2.39 bits per heavy atom. The smallest absolute Gasteiger partial charge is 0.475 e. The summed E-state index contributed by atoms with van der Waals surface area (Å²) in [4.78, 5) is 18.5. The highest BCUT2D eigenvalue weighted by molar-refractivity contribution is 5.73. The minimum Gasteiger partial charge on any atom is -0.475 e. The Bertz CT molecular complexity index is 417. The number of aromatic nitrogens is 2. The van der Waals surface area contributed by atoms with Crippen LogP contribution in [0.1, 0.15) is 0 Å². The summed E-state index contributed by atoms with van der Waals surface area (Å²) in [5, 5.41) is 21.0. The maximum absolute atomic E-state index is 10.6. The van der Waals surface area contributed by atoms with Crippen LogP contribution in [0.4, 0.5) is 18.9 Å². The Balaban J connectivity index is 0.000000360. The topological polar surface area (TPSA) is 124 Å². The minimum absolute atomic E-state index is 0.00144. The second-order valence-corrected chi connectivity index (χ2v) is 2.81. The highest BCUT2D eigenvalue weighted by atomic mass is 19.4. The summed E-state index contributed by atoms with van der Waals surface area (Å²) >= 11 is 0. The van der Waals surface area contributed by atoms with Crippen molar-refractivity contribution in [3.05, 3.63) is 22.5 Å². The molecule has 0 atom stereocenters. The molecule has 1 aromatic heterocycles. The zero-order valence-corrected chi connectivity index (χ0v) is 8.79. The zero-order chi connectivity index (χ0) is 14.3. The van der Waals surface area contributed by atoms with Gasteiger partial charge in [0.1, 0.15) is 12.4 Å². The van der Waals surface area contributed by atoms with Gasteiger partial charge in [0.2, 0.25) is 0 Å². The Kier molecular flexibility index (Phi) is 5.75. The third-order valence-corrected chi connectivity index (χ3v) is 1.43. The average molecular weight is 270 g/mol. The van der Waals surface area contributed by atoms with Crippen molar-refractivity contribution in [2.24, 2.45) is 5.73 Å². The molecule has 0 bridgehead atoms. The molecule has 1 heterocycles. The predicted molar refractivity (Wildman–Crippen MR) is 51.6 cm³/mol. The van der Waals surface area contributed by atoms with E-state index >= 15 is 0 Å². The molecule has 0 aliphatic carbocycles. The van der Waals surface area contributed by atoms with E-state index in [2.05, 4.69) is 5.10 Å². The fourth-order valence-corrected chi connectivity index (χ4v) is 0.701. The number of carboxylic acid groups (broad SMARTS) is 1. The van der Waals surface area contributed by atoms with Gasteiger partial charge in [0.25, 0.3) is 0 Å². The van der Waals surface area contributed by atoms with Crippen molar-refractivity contribution >= 4 is 11.7 Å². The number of halogens is 3. The van der Waals surface area contributed by atoms with E-state index in [9.17, 15) is 23.3 Å². The van der Waals surface area contributed by atoms with Crippen molar-refractivity contribution in [1.29, 1.82) is 0 Å². The molecule has 0 aromatic carbocycles. The summed E-state index contributed by atoms with van der Waals surface area (Å²) in [6.45, 7) is 0.937. The molecule has 0 saturated heterocycles. The molecule has 18 heavy (non-hydrogen) atoms. The van der Waals surface area contributed by atoms with Gasteiger partial charge in [-0.15, -0.1) is 0 Å². The van der Waals surface area contributed by atoms with Crippen LogP contribution in [-0.2, 0) is 11.3 Å². The maximum Gasteiger partial charge on any atom is 0.490 e. The quantitative estimate of drug-likeness (QED) is 0.604. The van der Waals surface area contributed by atoms with E-state index in [0.29, 0.717) is 13.1 Å². The first kappa shape index (κ1) is 15.8. The van der Waals surface area contributed by atoms with Crippen molar-refractivity contribution in [2.45, 2.75) is 12.7 Å². The van der Waals surface area contributed by atoms with E-state index in [4.69, 9.17) is 15.6 Å². The van der Waals surface area contributed by atoms with E-state index in [-0.39, 0.29) is 5.69 Å². The molecule has 11 heteroatoms. The maximum atomic E-state index is 10.6. The lowest BCUT2D eigenvalue weighted by Crippen LogP contribution is -2.21. The molecule has 0 aliphatic heterocycles. The number of carbonyl (C=O) groups is 1. The second-order valence-electron chi connectivity index (χ2n) is 2.81. The summed E-state index contributed by atoms with van der Waals surface area (Å²) in [6, 6.07) is 0. The highest BCUT2D eigenvalue weighted by Gasteiger charge is 2.38. The molecule has 0 spiro atoms. The monoisotopic (exact) mass is 270 g/mol. The van der Waals surface area contributed by atoms with Crippen LogP contribution in [0.5, 0.6) is 0 Å². The highest BCUT2D eigenvalue weighted by Crippen LogP contribution is 2.13. The number of nitrogens with zero attached hydrogens (tertiary/aromatic N) is 3. The number of aliphatic carboxylic acids is 1. The molecule has 1 rings (SSSR count). The number of hydrogen-bond acceptors (Lipinski definition) is 5. The van der Waals surface area contributed by atoms with Gasteiger partial charge >= 0.3 is 17.8 Å². The molecule has 0 aliphatic rings. The summed E-state index contributed by atoms with van der Waals surface area (Å²) < 4.78 is 33.2. The molecule has 1 aromatic rings. The number of rotatable bonds is 3. The molecule has 8 nitrogen and oxygen atoms in total. The molecule has 0 fully saturated rings. The first-order valence-electron chi connectivity index (χ1n) is 4.35. The predicted octanol–water partition coefficient (Wildman–Crippen LogP) is 0.383. The molecule has 3 N–H and O–H groups in total. The molecular weight excluding hydrogens is 261 g/mol. The molecule has 0 unspecified atom stereocenters. The summed E-state index contributed by atoms with van der Waals surface area (Å²) in [5.41, 5.74) is 5.21. The van der Waals surface area contributed by atoms with Gasteiger partial charge in [0, 0.05) is 6.54 Å². The van der Waals surface area contributed by atoms with Crippen LogP contribution in [0.15, 0.2) is 12.4 Å². The Morgan fingerprint density at radius 1 is 1.61 bits per heavy atom. The van der Waals surface area contributed by atoms with Crippen LogP contribution < -0.4 is 5.73 Å². The third-order valence-electron chi connectivity index (χ3n) is 1.43. The van der Waals surface area contributed by atoms with Gasteiger partial charge in [-0.05, 0) is 0 Å². The van der Waals surface area contributed by atoms with Gasteiger partial charge in [0.05, 0.1) is 11.5 Å². The van der Waals surface area contributed by atoms with Crippen LogP contribution in [-0.4, -0.2) is 38.5 Å². The van der Waals surface area contributed by atoms with E-state index in [1.807, 2.05) is 0 Å². The number of alkyl halides is 3. The average Bonchev–Trinajstić information content (AvgIpc) is 2.66. The van der Waals surface area contributed by atoms with Crippen LogP contribution in [0.3, 0.4) is 0 Å². The minimum atomic E-state index is -5.08. The van der Waals surface area contributed by atoms with Gasteiger partial charge in [-0.3, -0.25) is 14.8 Å². The third kappa shape index (κ3) is 5.79. The number of nitrogens with two attached hydrogens (primary N) is 1. The summed E-state index contributed by atoms with van der Waals surface area (Å²) in [6.07, 6.45) is -2.53. The first-order chi connectivity index (χ1) is 8.18. The van der Waals surface area contributed by atoms with E-state index in [1.54, 1.807) is 0 Å². The van der Waals surface area contributed by atoms with Gasteiger partial charge in [0.15, 0.2) is 0 Å². The first-order valence-corrected chi connectivity index (χ1v) is 4.35. The van der Waals surface area contributed by atoms with Gasteiger partial charge < -0.3 is 10.8 Å². The SMILES string of the molecule is NCCn1cc([N+](=O)[O-])cn1.O=C(O)C(F)(F)F. The van der Waals surface area contributed by atoms with Crippen LogP contribution in [0.25, 0.3) is 0 Å². The number of nitro groups is 1. The number of carboxylic acids is 1. The molecule has 102 valence electrons. The lowest BCUT2D eigenvalue weighted by atomic mass is 10.6. The summed E-state index contributed by atoms with van der Waals surface area (Å²) in [5.74, 6) is -2.76. The van der Waals surface area contributed by atoms with Gasteiger partial charge in [-0.2, -0.15) is 18.3 Å². The van der Waals surface area contributed by atoms with E-state index < -0.39 is 17.1 Å². The Hall–Kier alpha value is -2.17. The second kappa shape index (κ2) is 6.54. The van der Waals surface area contributed by atoms with Crippen molar-refractivity contribution in [1.82, 2.24) is 9.78 Å². The lowest BCUT2D eigenvalue weighted by molar-refractivity contribution is -0.385. The van der Waals surface area contributed by atoms with Crippen LogP contribution in [0.2, 0.25) is 0 Å². The standard InChI is InChI=1S/C5H8N4O2.C2HF3O2/c6-1-2-8-4-5(3-7-8)9(10)11;3-2(4,5)1(6)7/h3-4H,1-2,6H2;(H,6,7). The molecular formula is C7H9F3N4O4.